The summed E-state index contributed by atoms with van der Waals surface area (Å²) in [6.07, 6.45) is 2.61. The lowest BCUT2D eigenvalue weighted by atomic mass is 9.91. The van der Waals surface area contributed by atoms with Crippen molar-refractivity contribution in [1.82, 2.24) is 19.9 Å². The van der Waals surface area contributed by atoms with Crippen molar-refractivity contribution in [3.8, 4) is 28.8 Å². The Kier molecular flexibility index (Phi) is 5.56. The number of amides is 1. The molecule has 0 saturated carbocycles. The maximum Gasteiger partial charge on any atom is 0.239 e. The fraction of sp³-hybridized carbons (Fsp3) is 0.286. The zero-order valence-electron chi connectivity index (χ0n) is 17.4. The van der Waals surface area contributed by atoms with E-state index in [9.17, 15) is 9.18 Å². The lowest BCUT2D eigenvalue weighted by molar-refractivity contribution is -0.230. The maximum absolute atomic E-state index is 13.5. The Balaban J connectivity index is 1.74. The van der Waals surface area contributed by atoms with Crippen molar-refractivity contribution in [3.05, 3.63) is 48.2 Å². The zero-order valence-corrected chi connectivity index (χ0v) is 17.4. The predicted molar refractivity (Wildman–Crippen MR) is 111 cm³/mol. The Morgan fingerprint density at radius 3 is 2.59 bits per heavy atom. The normalized spacial score (nSPS) is 20.5. The van der Waals surface area contributed by atoms with Crippen LogP contribution in [0, 0.1) is 22.7 Å². The van der Waals surface area contributed by atoms with Gasteiger partial charge in [-0.1, -0.05) is 0 Å². The topological polar surface area (TPSA) is 143 Å². The van der Waals surface area contributed by atoms with Gasteiger partial charge in [0.2, 0.25) is 18.1 Å². The van der Waals surface area contributed by atoms with Gasteiger partial charge in [-0.25, -0.2) is 19.3 Å². The number of aromatic amines is 1. The summed E-state index contributed by atoms with van der Waals surface area (Å²) in [6, 6.07) is 7.50. The van der Waals surface area contributed by atoms with Crippen LogP contribution in [0.15, 0.2) is 36.5 Å². The van der Waals surface area contributed by atoms with Gasteiger partial charge in [-0.3, -0.25) is 9.69 Å². The predicted octanol–water partition coefficient (Wildman–Crippen LogP) is 2.13. The lowest BCUT2D eigenvalue weighted by Crippen LogP contribution is -2.46. The molecule has 164 valence electrons. The van der Waals surface area contributed by atoms with Crippen LogP contribution in [0.1, 0.15) is 19.0 Å². The van der Waals surface area contributed by atoms with Gasteiger partial charge in [0.05, 0.1) is 35.7 Å². The van der Waals surface area contributed by atoms with Crippen LogP contribution in [0.2, 0.25) is 0 Å². The average Bonchev–Trinajstić information content (AvgIpc) is 3.25. The summed E-state index contributed by atoms with van der Waals surface area (Å²) in [5, 5.41) is 9.14. The van der Waals surface area contributed by atoms with Gasteiger partial charge in [0.25, 0.3) is 0 Å². The van der Waals surface area contributed by atoms with Crippen LogP contribution in [0.5, 0.6) is 0 Å². The molecule has 1 aliphatic heterocycles. The van der Waals surface area contributed by atoms with E-state index < -0.39 is 17.6 Å². The molecule has 10 nitrogen and oxygen atoms in total. The fourth-order valence-corrected chi connectivity index (χ4v) is 3.11. The zero-order chi connectivity index (χ0) is 22.9. The number of hydrogen-bond donors (Lipinski definition) is 2. The molecule has 0 spiro atoms. The summed E-state index contributed by atoms with van der Waals surface area (Å²) in [7, 11) is 1.54. The van der Waals surface area contributed by atoms with Crippen molar-refractivity contribution in [3.63, 3.8) is 0 Å². The highest BCUT2D eigenvalue weighted by atomic mass is 19.1. The fourth-order valence-electron chi connectivity index (χ4n) is 3.11. The summed E-state index contributed by atoms with van der Waals surface area (Å²) in [6.45, 7) is 1.80. The van der Waals surface area contributed by atoms with Crippen LogP contribution in [0.4, 0.5) is 10.3 Å². The molecule has 0 radical (unpaired) electrons. The number of benzene rings is 1. The molecule has 0 aliphatic carbocycles. The molecule has 1 aliphatic rings. The lowest BCUT2D eigenvalue weighted by Gasteiger charge is -2.34. The molecule has 0 atom stereocenters. The Labute approximate surface area is 182 Å². The van der Waals surface area contributed by atoms with E-state index in [2.05, 4.69) is 19.9 Å². The second-order valence-electron chi connectivity index (χ2n) is 7.63. The SMILES string of the molecule is CN(C#N)c1nccc(-c2[nH]c(C3OCC(C)(C(N)=O)CO3)nc2-c2ccc(F)cc2)n1. The number of primary amides is 1. The Morgan fingerprint density at radius 1 is 1.28 bits per heavy atom. The van der Waals surface area contributed by atoms with Crippen LogP contribution in [-0.4, -0.2) is 46.1 Å². The first-order chi connectivity index (χ1) is 15.3. The molecule has 4 rings (SSSR count). The molecule has 32 heavy (non-hydrogen) atoms. The van der Waals surface area contributed by atoms with E-state index in [1.807, 2.05) is 6.19 Å². The summed E-state index contributed by atoms with van der Waals surface area (Å²) < 4.78 is 24.9. The van der Waals surface area contributed by atoms with Gasteiger partial charge in [-0.05, 0) is 37.3 Å². The summed E-state index contributed by atoms with van der Waals surface area (Å²) >= 11 is 0. The third kappa shape index (κ3) is 4.01. The molecule has 1 aromatic carbocycles. The third-order valence-corrected chi connectivity index (χ3v) is 5.11. The molecule has 3 heterocycles. The van der Waals surface area contributed by atoms with E-state index in [4.69, 9.17) is 20.5 Å². The second kappa shape index (κ2) is 8.33. The molecule has 1 saturated heterocycles. The van der Waals surface area contributed by atoms with E-state index in [1.165, 1.54) is 30.3 Å². The molecule has 0 unspecified atom stereocenters. The number of carbonyl (C=O) groups is 1. The Morgan fingerprint density at radius 2 is 1.97 bits per heavy atom. The van der Waals surface area contributed by atoms with E-state index in [0.717, 1.165) is 0 Å². The highest BCUT2D eigenvalue weighted by Crippen LogP contribution is 2.35. The standard InChI is InChI=1S/C21H20FN7O3/c1-21(19(24)30)9-31-18(32-10-21)17-27-15(12-3-5-13(22)6-4-12)16(28-17)14-7-8-25-20(26-14)29(2)11-23/h3-8,18H,9-10H2,1-2H3,(H2,24,30)(H,27,28). The number of nitrogens with one attached hydrogen (secondary N) is 1. The second-order valence-corrected chi connectivity index (χ2v) is 7.63. The van der Waals surface area contributed by atoms with Gasteiger partial charge in [0.15, 0.2) is 12.0 Å². The summed E-state index contributed by atoms with van der Waals surface area (Å²) in [5.74, 6) is -0.345. The Hall–Kier alpha value is -3.88. The minimum Gasteiger partial charge on any atom is -0.369 e. The van der Waals surface area contributed by atoms with Crippen molar-refractivity contribution in [1.29, 1.82) is 5.26 Å². The van der Waals surface area contributed by atoms with Gasteiger partial charge in [0.1, 0.15) is 5.82 Å². The molecule has 3 aromatic rings. The maximum atomic E-state index is 13.5. The molecule has 3 N–H and O–H groups in total. The number of halogens is 1. The molecule has 1 fully saturated rings. The van der Waals surface area contributed by atoms with Crippen LogP contribution < -0.4 is 10.6 Å². The number of ether oxygens (including phenoxy) is 2. The first-order valence-electron chi connectivity index (χ1n) is 9.66. The van der Waals surface area contributed by atoms with Crippen molar-refractivity contribution in [2.45, 2.75) is 13.2 Å². The van der Waals surface area contributed by atoms with E-state index in [-0.39, 0.29) is 25.0 Å². The number of rotatable bonds is 5. The summed E-state index contributed by atoms with van der Waals surface area (Å²) in [4.78, 5) is 29.2. The van der Waals surface area contributed by atoms with Crippen LogP contribution >= 0.6 is 0 Å². The first-order valence-corrected chi connectivity index (χ1v) is 9.66. The van der Waals surface area contributed by atoms with E-state index >= 15 is 0 Å². The van der Waals surface area contributed by atoms with Gasteiger partial charge in [-0.15, -0.1) is 0 Å². The Bertz CT molecular complexity index is 1180. The minimum absolute atomic E-state index is 0.0690. The minimum atomic E-state index is -0.935. The monoisotopic (exact) mass is 437 g/mol. The van der Waals surface area contributed by atoms with Crippen molar-refractivity contribution < 1.29 is 18.7 Å². The van der Waals surface area contributed by atoms with E-state index in [0.29, 0.717) is 28.5 Å². The molecule has 1 amide bonds. The first kappa shape index (κ1) is 21.4. The van der Waals surface area contributed by atoms with Gasteiger partial charge >= 0.3 is 0 Å². The number of nitrogens with zero attached hydrogens (tertiary/aromatic N) is 5. The number of carbonyl (C=O) groups excluding carboxylic acids is 1. The van der Waals surface area contributed by atoms with Gasteiger partial charge < -0.3 is 20.2 Å². The number of nitrogens with two attached hydrogens (primary N) is 1. The number of anilines is 1. The number of H-pyrrole nitrogens is 1. The quantitative estimate of drug-likeness (QED) is 0.456. The summed E-state index contributed by atoms with van der Waals surface area (Å²) in [5.41, 5.74) is 6.60. The van der Waals surface area contributed by atoms with Crippen molar-refractivity contribution in [2.75, 3.05) is 25.2 Å². The van der Waals surface area contributed by atoms with E-state index in [1.54, 1.807) is 25.1 Å². The van der Waals surface area contributed by atoms with Crippen molar-refractivity contribution in [2.24, 2.45) is 11.1 Å². The number of hydrogen-bond acceptors (Lipinski definition) is 8. The number of nitriles is 1. The molecule has 2 aromatic heterocycles. The number of aromatic nitrogens is 4. The highest BCUT2D eigenvalue weighted by Gasteiger charge is 2.39. The van der Waals surface area contributed by atoms with Crippen LogP contribution in [-0.2, 0) is 14.3 Å². The molecular formula is C21H20FN7O3. The average molecular weight is 437 g/mol. The molecule has 0 bridgehead atoms. The van der Waals surface area contributed by atoms with Gasteiger partial charge in [0, 0.05) is 18.8 Å². The van der Waals surface area contributed by atoms with Crippen LogP contribution in [0.3, 0.4) is 0 Å². The number of imidazole rings is 1. The van der Waals surface area contributed by atoms with Crippen LogP contribution in [0.25, 0.3) is 22.6 Å². The van der Waals surface area contributed by atoms with Crippen molar-refractivity contribution >= 4 is 11.9 Å². The largest absolute Gasteiger partial charge is 0.369 e. The smallest absolute Gasteiger partial charge is 0.239 e. The van der Waals surface area contributed by atoms with Gasteiger partial charge in [-0.2, -0.15) is 5.26 Å². The molecular weight excluding hydrogens is 417 g/mol. The third-order valence-electron chi connectivity index (χ3n) is 5.11. The molecule has 11 heteroatoms. The highest BCUT2D eigenvalue weighted by molar-refractivity contribution is 5.81.